The number of amides is 2. The van der Waals surface area contributed by atoms with Crippen molar-refractivity contribution in [3.63, 3.8) is 0 Å². The Bertz CT molecular complexity index is 935. The van der Waals surface area contributed by atoms with Crippen LogP contribution >= 0.6 is 22.6 Å². The lowest BCUT2D eigenvalue weighted by Crippen LogP contribution is -2.35. The smallest absolute Gasteiger partial charge is 0.335 e. The second kappa shape index (κ2) is 7.56. The number of methoxy groups -OCH3 is 1. The fraction of sp³-hybridized carbons (Fsp3) is 0.0833. The molecule has 0 saturated carbocycles. The highest BCUT2D eigenvalue weighted by atomic mass is 127. The highest BCUT2D eigenvalue weighted by Crippen LogP contribution is 2.22. The number of hydrogen-bond acceptors (Lipinski definition) is 8. The van der Waals surface area contributed by atoms with Crippen molar-refractivity contribution >= 4 is 50.3 Å². The van der Waals surface area contributed by atoms with E-state index in [-0.39, 0.29) is 11.8 Å². The number of hydrogen-bond donors (Lipinski definition) is 2. The predicted octanol–water partition coefficient (Wildman–Crippen LogP) is 1.51. The highest BCUT2D eigenvalue weighted by Gasteiger charge is 2.27. The van der Waals surface area contributed by atoms with E-state index in [0.717, 1.165) is 12.1 Å². The molecule has 0 aliphatic carbocycles. The van der Waals surface area contributed by atoms with Crippen LogP contribution < -0.4 is 14.8 Å². The number of halogens is 1. The third kappa shape index (κ3) is 4.72. The van der Waals surface area contributed by atoms with Gasteiger partial charge in [-0.15, -0.1) is 0 Å². The molecule has 0 saturated heterocycles. The minimum Gasteiger partial charge on any atom is -0.481 e. The van der Waals surface area contributed by atoms with Crippen LogP contribution in [0.5, 0.6) is 5.88 Å². The second-order valence-electron chi connectivity index (χ2n) is 4.34. The van der Waals surface area contributed by atoms with Crippen molar-refractivity contribution in [2.24, 2.45) is 0 Å². The molecule has 132 valence electrons. The number of urea groups is 1. The van der Waals surface area contributed by atoms with Crippen molar-refractivity contribution in [2.45, 2.75) is 4.90 Å². The molecule has 13 heteroatoms. The van der Waals surface area contributed by atoms with E-state index in [9.17, 15) is 23.3 Å². The molecule has 2 amide bonds. The van der Waals surface area contributed by atoms with Crippen molar-refractivity contribution in [2.75, 3.05) is 12.4 Å². The summed E-state index contributed by atoms with van der Waals surface area (Å²) in [6.45, 7) is 0. The molecule has 2 rings (SSSR count). The van der Waals surface area contributed by atoms with E-state index in [1.54, 1.807) is 4.72 Å². The molecule has 0 aliphatic heterocycles. The molecule has 2 N–H and O–H groups in total. The Hall–Kier alpha value is -2.55. The van der Waals surface area contributed by atoms with Crippen LogP contribution in [0.25, 0.3) is 0 Å². The molecule has 0 spiro atoms. The van der Waals surface area contributed by atoms with Gasteiger partial charge in [-0.1, -0.05) is 12.1 Å². The fourth-order valence-corrected chi connectivity index (χ4v) is 3.27. The van der Waals surface area contributed by atoms with Gasteiger partial charge in [-0.3, -0.25) is 15.4 Å². The van der Waals surface area contributed by atoms with Crippen LogP contribution in [0.3, 0.4) is 0 Å². The summed E-state index contributed by atoms with van der Waals surface area (Å²) in [4.78, 5) is 29.0. The zero-order valence-corrected chi connectivity index (χ0v) is 15.4. The van der Waals surface area contributed by atoms with Crippen LogP contribution in [0, 0.1) is 13.8 Å². The second-order valence-corrected chi connectivity index (χ2v) is 7.10. The normalized spacial score (nSPS) is 10.8. The number of sulfonamides is 1. The Labute approximate surface area is 155 Å². The first kappa shape index (κ1) is 18.8. The summed E-state index contributed by atoms with van der Waals surface area (Å²) in [5.41, 5.74) is -0.657. The maximum atomic E-state index is 12.2. The van der Waals surface area contributed by atoms with E-state index in [1.807, 2.05) is 22.6 Å². The number of carbonyl (C=O) groups excluding carboxylic acids is 1. The minimum absolute atomic E-state index is 0.163. The third-order valence-corrected chi connectivity index (χ3v) is 4.62. The molecule has 0 fully saturated rings. The lowest BCUT2D eigenvalue weighted by Gasteiger charge is -2.09. The molecule has 0 bridgehead atoms. The van der Waals surface area contributed by atoms with E-state index < -0.39 is 31.6 Å². The van der Waals surface area contributed by atoms with Crippen LogP contribution in [0.2, 0.25) is 0 Å². The molecular weight excluding hydrogens is 469 g/mol. The average Bonchev–Trinajstić information content (AvgIpc) is 2.53. The maximum absolute atomic E-state index is 12.2. The Morgan fingerprint density at radius 2 is 2.00 bits per heavy atom. The van der Waals surface area contributed by atoms with E-state index in [1.165, 1.54) is 25.3 Å². The number of ether oxygens (including phenoxy) is 1. The van der Waals surface area contributed by atoms with Gasteiger partial charge >= 0.3 is 6.03 Å². The molecule has 0 radical (unpaired) electrons. The molecule has 11 nitrogen and oxygen atoms in total. The van der Waals surface area contributed by atoms with E-state index >= 15 is 0 Å². The van der Waals surface area contributed by atoms with E-state index in [0.29, 0.717) is 3.70 Å². The molecule has 0 aliphatic rings. The number of aromatic nitrogens is 2. The summed E-state index contributed by atoms with van der Waals surface area (Å²) in [7, 11) is -3.11. The molecule has 25 heavy (non-hydrogen) atoms. The van der Waals surface area contributed by atoms with Crippen LogP contribution in [0.4, 0.5) is 16.4 Å². The van der Waals surface area contributed by atoms with Gasteiger partial charge in [-0.2, -0.15) is 4.98 Å². The zero-order valence-electron chi connectivity index (χ0n) is 12.5. The number of nitro benzene ring substituents is 1. The molecule has 2 aromatic rings. The summed E-state index contributed by atoms with van der Waals surface area (Å²) in [6.07, 6.45) is 0. The fourth-order valence-electron chi connectivity index (χ4n) is 1.70. The number of benzene rings is 1. The first-order valence-corrected chi connectivity index (χ1v) is 8.95. The summed E-state index contributed by atoms with van der Waals surface area (Å²) >= 11 is 1.85. The number of nitro groups is 1. The third-order valence-electron chi connectivity index (χ3n) is 2.68. The quantitative estimate of drug-likeness (QED) is 0.283. The number of para-hydroxylation sites is 1. The number of nitrogens with one attached hydrogen (secondary N) is 2. The SMILES string of the molecule is COc1cc(I)nc(NC(=O)NS(=O)(=O)c2ccccc2[N+](=O)[O-])n1. The molecule has 1 aromatic carbocycles. The van der Waals surface area contributed by atoms with E-state index in [2.05, 4.69) is 15.3 Å². The Kier molecular flexibility index (Phi) is 5.68. The predicted molar refractivity (Wildman–Crippen MR) is 93.7 cm³/mol. The van der Waals surface area contributed by atoms with Crippen LogP contribution in [0.1, 0.15) is 0 Å². The van der Waals surface area contributed by atoms with Crippen LogP contribution in [-0.4, -0.2) is 36.4 Å². The molecular formula is C12H10IN5O6S. The van der Waals surface area contributed by atoms with Gasteiger partial charge in [0.1, 0.15) is 3.70 Å². The van der Waals surface area contributed by atoms with Gasteiger partial charge < -0.3 is 4.74 Å². The molecule has 0 unspecified atom stereocenters. The van der Waals surface area contributed by atoms with Gasteiger partial charge in [0, 0.05) is 12.1 Å². The van der Waals surface area contributed by atoms with Gasteiger partial charge in [0.2, 0.25) is 11.8 Å². The van der Waals surface area contributed by atoms with E-state index in [4.69, 9.17) is 4.74 Å². The van der Waals surface area contributed by atoms with Gasteiger partial charge in [0.05, 0.1) is 12.0 Å². The molecule has 0 atom stereocenters. The number of rotatable bonds is 5. The van der Waals surface area contributed by atoms with Crippen LogP contribution in [0.15, 0.2) is 35.2 Å². The van der Waals surface area contributed by atoms with Gasteiger partial charge in [-0.25, -0.2) is 22.9 Å². The summed E-state index contributed by atoms with van der Waals surface area (Å²) in [5.74, 6) is -0.0322. The van der Waals surface area contributed by atoms with Crippen molar-refractivity contribution in [1.29, 1.82) is 0 Å². The standard InChI is InChI=1S/C12H10IN5O6S/c1-24-10-6-9(13)14-11(15-10)16-12(19)17-25(22,23)8-5-3-2-4-7(8)18(20)21/h2-6H,1H3,(H2,14,15,16,17,19). The minimum atomic E-state index is -4.47. The first-order valence-electron chi connectivity index (χ1n) is 6.38. The van der Waals surface area contributed by atoms with Crippen molar-refractivity contribution < 1.29 is 22.9 Å². The van der Waals surface area contributed by atoms with Crippen molar-refractivity contribution in [1.82, 2.24) is 14.7 Å². The topological polar surface area (TPSA) is 153 Å². The number of anilines is 1. The first-order chi connectivity index (χ1) is 11.7. The van der Waals surface area contributed by atoms with Crippen molar-refractivity contribution in [3.8, 4) is 5.88 Å². The van der Waals surface area contributed by atoms with Gasteiger partial charge in [-0.05, 0) is 28.7 Å². The molecule has 1 aromatic heterocycles. The Morgan fingerprint density at radius 3 is 2.64 bits per heavy atom. The summed E-state index contributed by atoms with van der Waals surface area (Å²) in [5, 5.41) is 13.1. The van der Waals surface area contributed by atoms with Gasteiger partial charge in [0.25, 0.3) is 15.7 Å². The largest absolute Gasteiger partial charge is 0.481 e. The average molecular weight is 479 g/mol. The van der Waals surface area contributed by atoms with Gasteiger partial charge in [0.15, 0.2) is 4.90 Å². The number of nitrogens with zero attached hydrogens (tertiary/aromatic N) is 3. The summed E-state index contributed by atoms with van der Waals surface area (Å²) in [6, 6.07) is 4.95. The maximum Gasteiger partial charge on any atom is 0.335 e. The Balaban J connectivity index is 2.23. The summed E-state index contributed by atoms with van der Waals surface area (Å²) < 4.78 is 31.4. The zero-order chi connectivity index (χ0) is 18.6. The molecule has 1 heterocycles. The highest BCUT2D eigenvalue weighted by molar-refractivity contribution is 14.1. The Morgan fingerprint density at radius 1 is 1.32 bits per heavy atom. The lowest BCUT2D eigenvalue weighted by atomic mass is 10.3. The number of carbonyl (C=O) groups is 1. The van der Waals surface area contributed by atoms with Crippen LogP contribution in [-0.2, 0) is 10.0 Å². The lowest BCUT2D eigenvalue weighted by molar-refractivity contribution is -0.387. The van der Waals surface area contributed by atoms with Crippen molar-refractivity contribution in [3.05, 3.63) is 44.1 Å². The monoisotopic (exact) mass is 479 g/mol.